The van der Waals surface area contributed by atoms with E-state index < -0.39 is 0 Å². The highest BCUT2D eigenvalue weighted by Crippen LogP contribution is 2.23. The maximum Gasteiger partial charge on any atom is 0.234 e. The summed E-state index contributed by atoms with van der Waals surface area (Å²) in [6.07, 6.45) is 1.44. The maximum atomic E-state index is 11.5. The van der Waals surface area contributed by atoms with Crippen LogP contribution in [0.25, 0.3) is 0 Å². The van der Waals surface area contributed by atoms with Crippen molar-refractivity contribution in [3.63, 3.8) is 0 Å². The van der Waals surface area contributed by atoms with Crippen LogP contribution < -0.4 is 0 Å². The van der Waals surface area contributed by atoms with Crippen molar-refractivity contribution < 1.29 is 14.1 Å². The fourth-order valence-corrected chi connectivity index (χ4v) is 1.74. The minimum Gasteiger partial charge on any atom is -0.370 e. The van der Waals surface area contributed by atoms with Crippen molar-refractivity contribution in [2.75, 3.05) is 6.61 Å². The quantitative estimate of drug-likeness (QED) is 0.713. The lowest BCUT2D eigenvalue weighted by Gasteiger charge is -2.16. The summed E-state index contributed by atoms with van der Waals surface area (Å²) in [5.74, 6) is 1.31. The van der Waals surface area contributed by atoms with Gasteiger partial charge in [0, 0.05) is 13.0 Å². The third-order valence-electron chi connectivity index (χ3n) is 2.57. The van der Waals surface area contributed by atoms with Crippen molar-refractivity contribution in [1.29, 1.82) is 0 Å². The molecular formula is C13H22N2O3. The topological polar surface area (TPSA) is 65.2 Å². The first kappa shape index (κ1) is 14.8. The van der Waals surface area contributed by atoms with E-state index in [0.29, 0.717) is 24.7 Å². The fraction of sp³-hybridized carbons (Fsp3) is 0.769. The molecule has 18 heavy (non-hydrogen) atoms. The predicted octanol–water partition coefficient (Wildman–Crippen LogP) is 2.71. The molecule has 5 heteroatoms. The number of hydrogen-bond donors (Lipinski definition) is 0. The first-order valence-electron chi connectivity index (χ1n) is 6.54. The van der Waals surface area contributed by atoms with Crippen LogP contribution in [-0.2, 0) is 16.0 Å². The minimum atomic E-state index is -0.172. The molecular weight excluding hydrogens is 232 g/mol. The van der Waals surface area contributed by atoms with Gasteiger partial charge in [0.15, 0.2) is 0 Å². The van der Waals surface area contributed by atoms with Crippen molar-refractivity contribution in [1.82, 2.24) is 10.1 Å². The number of carbonyl (C=O) groups is 1. The molecule has 102 valence electrons. The zero-order valence-electron chi connectivity index (χ0n) is 11.6. The molecule has 5 nitrogen and oxygen atoms in total. The van der Waals surface area contributed by atoms with Crippen LogP contribution in [0.15, 0.2) is 4.52 Å². The first-order valence-corrected chi connectivity index (χ1v) is 6.54. The molecule has 0 aliphatic heterocycles. The third-order valence-corrected chi connectivity index (χ3v) is 2.57. The fourth-order valence-electron chi connectivity index (χ4n) is 1.74. The summed E-state index contributed by atoms with van der Waals surface area (Å²) in [6, 6.07) is 0. The van der Waals surface area contributed by atoms with Crippen molar-refractivity contribution in [3.8, 4) is 0 Å². The molecule has 0 aliphatic carbocycles. The maximum absolute atomic E-state index is 11.5. The largest absolute Gasteiger partial charge is 0.370 e. The number of hydrogen-bond acceptors (Lipinski definition) is 5. The van der Waals surface area contributed by atoms with E-state index in [-0.39, 0.29) is 24.2 Å². The Morgan fingerprint density at radius 2 is 2.11 bits per heavy atom. The monoisotopic (exact) mass is 254 g/mol. The van der Waals surface area contributed by atoms with Crippen LogP contribution in [0.5, 0.6) is 0 Å². The van der Waals surface area contributed by atoms with Crippen molar-refractivity contribution in [2.24, 2.45) is 5.92 Å². The second kappa shape index (κ2) is 7.26. The molecule has 0 saturated carbocycles. The van der Waals surface area contributed by atoms with Gasteiger partial charge in [0.05, 0.1) is 6.42 Å². The third kappa shape index (κ3) is 4.22. The lowest BCUT2D eigenvalue weighted by Crippen LogP contribution is -2.13. The van der Waals surface area contributed by atoms with Crippen LogP contribution in [0.2, 0.25) is 0 Å². The predicted molar refractivity (Wildman–Crippen MR) is 67.1 cm³/mol. The Balaban J connectivity index is 2.68. The van der Waals surface area contributed by atoms with Crippen molar-refractivity contribution in [3.05, 3.63) is 11.7 Å². The number of rotatable bonds is 8. The summed E-state index contributed by atoms with van der Waals surface area (Å²) in [4.78, 5) is 15.7. The van der Waals surface area contributed by atoms with Crippen LogP contribution in [0.4, 0.5) is 0 Å². The van der Waals surface area contributed by atoms with Gasteiger partial charge in [-0.05, 0) is 19.3 Å². The molecule has 1 aromatic heterocycles. The van der Waals surface area contributed by atoms with E-state index in [1.54, 1.807) is 0 Å². The van der Waals surface area contributed by atoms with Gasteiger partial charge in [0.1, 0.15) is 11.9 Å². The Morgan fingerprint density at radius 1 is 1.39 bits per heavy atom. The Hall–Kier alpha value is -1.23. The first-order chi connectivity index (χ1) is 8.58. The Labute approximate surface area is 108 Å². The van der Waals surface area contributed by atoms with E-state index >= 15 is 0 Å². The van der Waals surface area contributed by atoms with E-state index in [1.807, 2.05) is 27.7 Å². The molecule has 0 bridgehead atoms. The van der Waals surface area contributed by atoms with Gasteiger partial charge >= 0.3 is 0 Å². The molecule has 0 spiro atoms. The number of carbonyl (C=O) groups excluding carboxylic acids is 1. The smallest absolute Gasteiger partial charge is 0.234 e. The normalized spacial score (nSPS) is 12.9. The zero-order chi connectivity index (χ0) is 13.5. The molecule has 1 heterocycles. The second-order valence-corrected chi connectivity index (χ2v) is 4.63. The molecule has 0 radical (unpaired) electrons. The number of aromatic nitrogens is 2. The average molecular weight is 254 g/mol. The van der Waals surface area contributed by atoms with Gasteiger partial charge in [-0.1, -0.05) is 25.9 Å². The molecule has 1 atom stereocenters. The highest BCUT2D eigenvalue weighted by atomic mass is 16.5. The standard InChI is InChI=1S/C13H22N2O3/c1-5-7-10(16)8-11-14-13(15-18-11)12(9(3)4)17-6-2/h9,12H,5-8H2,1-4H3. The lowest BCUT2D eigenvalue weighted by atomic mass is 10.1. The van der Waals surface area contributed by atoms with Gasteiger partial charge in [-0.15, -0.1) is 0 Å². The molecule has 0 saturated heterocycles. The van der Waals surface area contributed by atoms with Crippen LogP contribution in [0.1, 0.15) is 58.4 Å². The van der Waals surface area contributed by atoms with E-state index in [2.05, 4.69) is 10.1 Å². The highest BCUT2D eigenvalue weighted by molar-refractivity contribution is 5.79. The van der Waals surface area contributed by atoms with Crippen LogP contribution >= 0.6 is 0 Å². The molecule has 0 aliphatic rings. The molecule has 0 N–H and O–H groups in total. The Kier molecular flexibility index (Phi) is 5.98. The highest BCUT2D eigenvalue weighted by Gasteiger charge is 2.22. The molecule has 0 aromatic carbocycles. The van der Waals surface area contributed by atoms with E-state index in [0.717, 1.165) is 6.42 Å². The van der Waals surface area contributed by atoms with E-state index in [9.17, 15) is 4.79 Å². The second-order valence-electron chi connectivity index (χ2n) is 4.63. The number of ether oxygens (including phenoxy) is 1. The van der Waals surface area contributed by atoms with E-state index in [4.69, 9.17) is 9.26 Å². The minimum absolute atomic E-state index is 0.130. The summed E-state index contributed by atoms with van der Waals surface area (Å²) >= 11 is 0. The van der Waals surface area contributed by atoms with Gasteiger partial charge in [-0.25, -0.2) is 0 Å². The summed E-state index contributed by atoms with van der Waals surface area (Å²) < 4.78 is 10.7. The number of nitrogens with zero attached hydrogens (tertiary/aromatic N) is 2. The van der Waals surface area contributed by atoms with E-state index in [1.165, 1.54) is 0 Å². The molecule has 0 fully saturated rings. The summed E-state index contributed by atoms with van der Waals surface area (Å²) in [5, 5.41) is 3.91. The van der Waals surface area contributed by atoms with Gasteiger partial charge in [-0.3, -0.25) is 4.79 Å². The number of Topliss-reactive ketones (excluding diaryl/α,β-unsaturated/α-hetero) is 1. The molecule has 0 amide bonds. The van der Waals surface area contributed by atoms with Gasteiger partial charge in [0.2, 0.25) is 11.7 Å². The summed E-state index contributed by atoms with van der Waals surface area (Å²) in [7, 11) is 0. The number of ketones is 1. The van der Waals surface area contributed by atoms with Gasteiger partial charge in [-0.2, -0.15) is 4.98 Å². The Morgan fingerprint density at radius 3 is 2.67 bits per heavy atom. The van der Waals surface area contributed by atoms with Crippen molar-refractivity contribution in [2.45, 2.75) is 53.1 Å². The van der Waals surface area contributed by atoms with Gasteiger partial charge < -0.3 is 9.26 Å². The molecule has 1 unspecified atom stereocenters. The van der Waals surface area contributed by atoms with Crippen LogP contribution in [-0.4, -0.2) is 22.5 Å². The molecule has 1 aromatic rings. The van der Waals surface area contributed by atoms with Gasteiger partial charge in [0.25, 0.3) is 0 Å². The molecule has 1 rings (SSSR count). The van der Waals surface area contributed by atoms with Crippen molar-refractivity contribution >= 4 is 5.78 Å². The van der Waals surface area contributed by atoms with Crippen LogP contribution in [0, 0.1) is 5.92 Å². The zero-order valence-corrected chi connectivity index (χ0v) is 11.6. The van der Waals surface area contributed by atoms with Crippen LogP contribution in [0.3, 0.4) is 0 Å². The summed E-state index contributed by atoms with van der Waals surface area (Å²) in [5.41, 5.74) is 0. The average Bonchev–Trinajstić information content (AvgIpc) is 2.73. The lowest BCUT2D eigenvalue weighted by molar-refractivity contribution is -0.118. The summed E-state index contributed by atoms with van der Waals surface area (Å²) in [6.45, 7) is 8.58. The Bertz CT molecular complexity index is 374. The SMILES string of the molecule is CCCC(=O)Cc1nc(C(OCC)C(C)C)no1.